The second-order valence-electron chi connectivity index (χ2n) is 7.15. The molecular weight excluding hydrogens is 402 g/mol. The summed E-state index contributed by atoms with van der Waals surface area (Å²) in [4.78, 5) is 5.05. The maximum atomic E-state index is 11.6. The van der Waals surface area contributed by atoms with Crippen molar-refractivity contribution in [2.45, 2.75) is 45.2 Å². The number of rotatable bonds is 10. The molecule has 0 saturated heterocycles. The highest BCUT2D eigenvalue weighted by Gasteiger charge is 2.11. The second kappa shape index (κ2) is 11.1. The van der Waals surface area contributed by atoms with Crippen LogP contribution in [0.5, 0.6) is 0 Å². The molecule has 0 atom stereocenters. The first-order chi connectivity index (χ1) is 14.3. The van der Waals surface area contributed by atoms with Gasteiger partial charge in [0.25, 0.3) is 0 Å². The first kappa shape index (κ1) is 23.9. The van der Waals surface area contributed by atoms with Crippen molar-refractivity contribution in [1.82, 2.24) is 20.4 Å². The van der Waals surface area contributed by atoms with Gasteiger partial charge >= 0.3 is 0 Å². The van der Waals surface area contributed by atoms with Gasteiger partial charge in [0.1, 0.15) is 0 Å². The Balaban J connectivity index is 1.97. The molecule has 0 aliphatic rings. The number of methoxy groups -OCH3 is 1. The number of aromatic nitrogens is 2. The van der Waals surface area contributed by atoms with Gasteiger partial charge in [0, 0.05) is 37.7 Å². The highest BCUT2D eigenvalue weighted by atomic mass is 32.2. The van der Waals surface area contributed by atoms with E-state index in [-0.39, 0.29) is 0 Å². The Kier molecular flexibility index (Phi) is 8.86. The summed E-state index contributed by atoms with van der Waals surface area (Å²) in [6, 6.07) is 7.00. The van der Waals surface area contributed by atoms with Crippen LogP contribution in [0.3, 0.4) is 0 Å². The van der Waals surface area contributed by atoms with Crippen LogP contribution in [-0.2, 0) is 34.1 Å². The van der Waals surface area contributed by atoms with Gasteiger partial charge < -0.3 is 15.4 Å². The first-order valence-electron chi connectivity index (χ1n) is 10.1. The largest absolute Gasteiger partial charge is 0.383 e. The van der Waals surface area contributed by atoms with Crippen molar-refractivity contribution in [2.75, 3.05) is 33.1 Å². The molecular formula is C21H33N5O3S. The van der Waals surface area contributed by atoms with E-state index in [1.54, 1.807) is 19.2 Å². The maximum absolute atomic E-state index is 11.6. The molecule has 2 aromatic rings. The molecule has 166 valence electrons. The van der Waals surface area contributed by atoms with Gasteiger partial charge in [-0.3, -0.25) is 4.68 Å². The fourth-order valence-electron chi connectivity index (χ4n) is 3.09. The minimum Gasteiger partial charge on any atom is -0.383 e. The number of nitrogens with zero attached hydrogens (tertiary/aromatic N) is 3. The monoisotopic (exact) mass is 435 g/mol. The Labute approximate surface area is 179 Å². The topological polar surface area (TPSA) is 97.6 Å². The molecule has 0 aliphatic heterocycles. The Hall–Kier alpha value is -2.39. The van der Waals surface area contributed by atoms with Crippen LogP contribution in [0.2, 0.25) is 0 Å². The van der Waals surface area contributed by atoms with Gasteiger partial charge in [-0.15, -0.1) is 0 Å². The van der Waals surface area contributed by atoms with E-state index in [0.29, 0.717) is 24.6 Å². The van der Waals surface area contributed by atoms with E-state index in [1.807, 2.05) is 30.7 Å². The highest BCUT2D eigenvalue weighted by molar-refractivity contribution is 7.90. The van der Waals surface area contributed by atoms with Crippen LogP contribution in [0.25, 0.3) is 0 Å². The number of aliphatic imine (C=N–C) groups is 1. The zero-order chi connectivity index (χ0) is 22.1. The van der Waals surface area contributed by atoms with E-state index in [1.165, 1.54) is 6.26 Å². The van der Waals surface area contributed by atoms with Gasteiger partial charge in [-0.1, -0.05) is 12.1 Å². The number of benzene rings is 1. The van der Waals surface area contributed by atoms with Gasteiger partial charge in [0.05, 0.1) is 30.3 Å². The van der Waals surface area contributed by atoms with Gasteiger partial charge in [0.15, 0.2) is 15.8 Å². The van der Waals surface area contributed by atoms with Crippen LogP contribution in [-0.4, -0.2) is 57.2 Å². The van der Waals surface area contributed by atoms with Gasteiger partial charge in [-0.2, -0.15) is 5.10 Å². The molecule has 0 fully saturated rings. The summed E-state index contributed by atoms with van der Waals surface area (Å²) < 4.78 is 30.2. The van der Waals surface area contributed by atoms with Crippen molar-refractivity contribution < 1.29 is 13.2 Å². The van der Waals surface area contributed by atoms with Crippen molar-refractivity contribution in [3.63, 3.8) is 0 Å². The smallest absolute Gasteiger partial charge is 0.191 e. The van der Waals surface area contributed by atoms with E-state index >= 15 is 0 Å². The zero-order valence-corrected chi connectivity index (χ0v) is 19.3. The summed E-state index contributed by atoms with van der Waals surface area (Å²) in [5.74, 6) is 0.744. The third-order valence-corrected chi connectivity index (χ3v) is 5.96. The predicted octanol–water partition coefficient (Wildman–Crippen LogP) is 1.85. The molecule has 30 heavy (non-hydrogen) atoms. The van der Waals surface area contributed by atoms with E-state index in [4.69, 9.17) is 9.73 Å². The molecule has 8 nitrogen and oxygen atoms in total. The highest BCUT2D eigenvalue weighted by Crippen LogP contribution is 2.14. The molecule has 9 heteroatoms. The van der Waals surface area contributed by atoms with Crippen molar-refractivity contribution in [1.29, 1.82) is 0 Å². The number of nitrogens with one attached hydrogen (secondary N) is 2. The lowest BCUT2D eigenvalue weighted by Crippen LogP contribution is -2.38. The zero-order valence-electron chi connectivity index (χ0n) is 18.5. The number of ether oxygens (including phenoxy) is 1. The Morgan fingerprint density at radius 1 is 1.20 bits per heavy atom. The molecule has 0 spiro atoms. The summed E-state index contributed by atoms with van der Waals surface area (Å²) in [6.45, 7) is 9.44. The van der Waals surface area contributed by atoms with Gasteiger partial charge in [-0.05, 0) is 44.9 Å². The molecule has 0 aliphatic carbocycles. The molecule has 1 aromatic heterocycles. The number of hydrogen-bond donors (Lipinski definition) is 2. The van der Waals surface area contributed by atoms with Crippen LogP contribution in [0, 0.1) is 13.8 Å². The second-order valence-corrected chi connectivity index (χ2v) is 9.17. The van der Waals surface area contributed by atoms with Crippen molar-refractivity contribution in [3.8, 4) is 0 Å². The number of hydrogen-bond acceptors (Lipinski definition) is 5. The van der Waals surface area contributed by atoms with Crippen LogP contribution >= 0.6 is 0 Å². The summed E-state index contributed by atoms with van der Waals surface area (Å²) in [5, 5.41) is 11.2. The molecule has 2 rings (SSSR count). The van der Waals surface area contributed by atoms with E-state index < -0.39 is 9.84 Å². The molecule has 0 saturated carbocycles. The summed E-state index contributed by atoms with van der Waals surface area (Å²) >= 11 is 0. The standard InChI is InChI=1S/C21H33N5O3S/c1-6-22-21(23-12-11-18-7-9-19(10-8-18)30(5,27)28)24-15-20-16(2)25-26(17(20)3)13-14-29-4/h7-10H,6,11-15H2,1-5H3,(H2,22,23,24). The summed E-state index contributed by atoms with van der Waals surface area (Å²) in [5.41, 5.74) is 4.28. The van der Waals surface area contributed by atoms with E-state index in [9.17, 15) is 8.42 Å². The van der Waals surface area contributed by atoms with Gasteiger partial charge in [-0.25, -0.2) is 13.4 Å². The molecule has 0 amide bonds. The molecule has 1 aromatic carbocycles. The van der Waals surface area contributed by atoms with Crippen LogP contribution < -0.4 is 10.6 Å². The third kappa shape index (κ3) is 6.84. The molecule has 1 heterocycles. The average molecular weight is 436 g/mol. The lowest BCUT2D eigenvalue weighted by molar-refractivity contribution is 0.182. The van der Waals surface area contributed by atoms with Crippen LogP contribution in [0.1, 0.15) is 29.4 Å². The fourth-order valence-corrected chi connectivity index (χ4v) is 3.72. The average Bonchev–Trinajstić information content (AvgIpc) is 2.97. The van der Waals surface area contributed by atoms with Crippen LogP contribution in [0.15, 0.2) is 34.2 Å². The fraction of sp³-hybridized carbons (Fsp3) is 0.524. The van der Waals surface area contributed by atoms with Crippen molar-refractivity contribution in [2.24, 2.45) is 4.99 Å². The Bertz CT molecular complexity index is 950. The third-order valence-electron chi connectivity index (χ3n) is 4.84. The molecule has 0 unspecified atom stereocenters. The first-order valence-corrected chi connectivity index (χ1v) is 12.0. The Morgan fingerprint density at radius 3 is 2.50 bits per heavy atom. The number of aryl methyl sites for hydroxylation is 1. The summed E-state index contributed by atoms with van der Waals surface area (Å²) in [7, 11) is -1.48. The minimum atomic E-state index is -3.16. The van der Waals surface area contributed by atoms with E-state index in [2.05, 4.69) is 22.7 Å². The lowest BCUT2D eigenvalue weighted by atomic mass is 10.1. The maximum Gasteiger partial charge on any atom is 0.191 e. The van der Waals surface area contributed by atoms with Crippen molar-refractivity contribution >= 4 is 15.8 Å². The lowest BCUT2D eigenvalue weighted by Gasteiger charge is -2.12. The van der Waals surface area contributed by atoms with Gasteiger partial charge in [0.2, 0.25) is 0 Å². The normalized spacial score (nSPS) is 12.2. The Morgan fingerprint density at radius 2 is 1.90 bits per heavy atom. The minimum absolute atomic E-state index is 0.339. The van der Waals surface area contributed by atoms with E-state index in [0.717, 1.165) is 48.0 Å². The molecule has 0 radical (unpaired) electrons. The summed E-state index contributed by atoms with van der Waals surface area (Å²) in [6.07, 6.45) is 1.98. The quantitative estimate of drug-likeness (QED) is 0.437. The molecule has 0 bridgehead atoms. The molecule has 2 N–H and O–H groups in total. The van der Waals surface area contributed by atoms with Crippen LogP contribution in [0.4, 0.5) is 0 Å². The number of guanidine groups is 1. The SMILES string of the molecule is CCNC(=NCc1c(C)nn(CCOC)c1C)NCCc1ccc(S(C)(=O)=O)cc1. The van der Waals surface area contributed by atoms with Crippen molar-refractivity contribution in [3.05, 3.63) is 46.8 Å². The predicted molar refractivity (Wildman–Crippen MR) is 120 cm³/mol. The number of sulfone groups is 1.